The number of benzene rings is 1. The molecule has 1 heterocycles. The molecular weight excluding hydrogens is 272 g/mol. The van der Waals surface area contributed by atoms with Crippen LogP contribution >= 0.6 is 0 Å². The van der Waals surface area contributed by atoms with Crippen LogP contribution in [0.3, 0.4) is 0 Å². The Labute approximate surface area is 136 Å². The molecule has 0 bridgehead atoms. The highest BCUT2D eigenvalue weighted by Crippen LogP contribution is 2.35. The molecule has 0 spiro atoms. The fourth-order valence-electron chi connectivity index (χ4n) is 3.21. The third-order valence-corrected chi connectivity index (χ3v) is 4.53. The van der Waals surface area contributed by atoms with Gasteiger partial charge in [-0.25, -0.2) is 0 Å². The maximum atomic E-state index is 6.09. The van der Waals surface area contributed by atoms with Crippen LogP contribution in [0.1, 0.15) is 76.7 Å². The molecule has 1 aliphatic rings. The van der Waals surface area contributed by atoms with E-state index in [1.165, 1.54) is 56.9 Å². The molecule has 1 fully saturated rings. The van der Waals surface area contributed by atoms with E-state index in [0.29, 0.717) is 0 Å². The van der Waals surface area contributed by atoms with Gasteiger partial charge in [-0.1, -0.05) is 82.2 Å². The van der Waals surface area contributed by atoms with E-state index in [-0.39, 0.29) is 0 Å². The second-order valence-electron chi connectivity index (χ2n) is 6.39. The van der Waals surface area contributed by atoms with Crippen molar-refractivity contribution in [2.75, 3.05) is 13.2 Å². The van der Waals surface area contributed by atoms with Crippen molar-refractivity contribution in [1.82, 2.24) is 0 Å². The van der Waals surface area contributed by atoms with E-state index in [1.807, 2.05) is 0 Å². The number of ether oxygens (including phenoxy) is 2. The summed E-state index contributed by atoms with van der Waals surface area (Å²) in [6.07, 6.45) is 12.7. The minimum Gasteiger partial charge on any atom is -0.346 e. The average molecular weight is 304 g/mol. The van der Waals surface area contributed by atoms with Crippen LogP contribution in [-0.4, -0.2) is 13.2 Å². The molecule has 1 aromatic rings. The lowest BCUT2D eigenvalue weighted by Gasteiger charge is -2.37. The second-order valence-corrected chi connectivity index (χ2v) is 6.39. The van der Waals surface area contributed by atoms with Gasteiger partial charge in [-0.2, -0.15) is 0 Å². The Morgan fingerprint density at radius 1 is 0.818 bits per heavy atom. The fourth-order valence-corrected chi connectivity index (χ4v) is 3.21. The van der Waals surface area contributed by atoms with Crippen LogP contribution in [0.4, 0.5) is 0 Å². The van der Waals surface area contributed by atoms with Gasteiger partial charge < -0.3 is 9.47 Å². The van der Waals surface area contributed by atoms with Gasteiger partial charge in [0.25, 0.3) is 0 Å². The number of unbranched alkanes of at least 4 members (excludes halogenated alkanes) is 7. The van der Waals surface area contributed by atoms with Gasteiger partial charge >= 0.3 is 0 Å². The Bertz CT molecular complexity index is 382. The molecule has 0 aliphatic carbocycles. The first-order valence-electron chi connectivity index (χ1n) is 9.21. The molecule has 0 atom stereocenters. The summed E-state index contributed by atoms with van der Waals surface area (Å²) in [4.78, 5) is 0. The maximum absolute atomic E-state index is 6.09. The zero-order valence-electron chi connectivity index (χ0n) is 14.2. The first-order valence-corrected chi connectivity index (χ1v) is 9.21. The maximum Gasteiger partial charge on any atom is 0.194 e. The third-order valence-electron chi connectivity index (χ3n) is 4.53. The fraction of sp³-hybridized carbons (Fsp3) is 0.700. The SMILES string of the molecule is CCCCCCCCCCC1(c2ccccc2)OCCCO1. The van der Waals surface area contributed by atoms with Gasteiger partial charge in [0.2, 0.25) is 0 Å². The Morgan fingerprint density at radius 3 is 2.05 bits per heavy atom. The molecular formula is C20H32O2. The van der Waals surface area contributed by atoms with Crippen molar-refractivity contribution in [1.29, 1.82) is 0 Å². The summed E-state index contributed by atoms with van der Waals surface area (Å²) in [7, 11) is 0. The summed E-state index contributed by atoms with van der Waals surface area (Å²) in [5, 5.41) is 0. The van der Waals surface area contributed by atoms with Gasteiger partial charge in [0.05, 0.1) is 13.2 Å². The molecule has 1 saturated heterocycles. The van der Waals surface area contributed by atoms with E-state index in [2.05, 4.69) is 37.3 Å². The largest absolute Gasteiger partial charge is 0.346 e. The molecule has 1 aromatic carbocycles. The normalized spacial score (nSPS) is 17.5. The monoisotopic (exact) mass is 304 g/mol. The second kappa shape index (κ2) is 10.0. The van der Waals surface area contributed by atoms with E-state index in [4.69, 9.17) is 9.47 Å². The van der Waals surface area contributed by atoms with Crippen LogP contribution in [-0.2, 0) is 15.3 Å². The van der Waals surface area contributed by atoms with Crippen molar-refractivity contribution in [3.63, 3.8) is 0 Å². The van der Waals surface area contributed by atoms with E-state index in [1.54, 1.807) is 0 Å². The average Bonchev–Trinajstić information content (AvgIpc) is 2.59. The number of rotatable bonds is 10. The van der Waals surface area contributed by atoms with Crippen LogP contribution in [0.15, 0.2) is 30.3 Å². The molecule has 0 amide bonds. The van der Waals surface area contributed by atoms with Gasteiger partial charge in [0.15, 0.2) is 5.79 Å². The van der Waals surface area contributed by atoms with Gasteiger partial charge in [-0.05, 0) is 12.8 Å². The van der Waals surface area contributed by atoms with E-state index in [9.17, 15) is 0 Å². The minimum absolute atomic E-state index is 0.484. The van der Waals surface area contributed by atoms with Crippen molar-refractivity contribution >= 4 is 0 Å². The lowest BCUT2D eigenvalue weighted by Crippen LogP contribution is -2.38. The van der Waals surface area contributed by atoms with Gasteiger partial charge in [-0.15, -0.1) is 0 Å². The number of hydrogen-bond acceptors (Lipinski definition) is 2. The molecule has 2 rings (SSSR count). The molecule has 22 heavy (non-hydrogen) atoms. The summed E-state index contributed by atoms with van der Waals surface area (Å²) in [6.45, 7) is 3.89. The zero-order valence-corrected chi connectivity index (χ0v) is 14.2. The minimum atomic E-state index is -0.484. The van der Waals surface area contributed by atoms with Crippen LogP contribution in [0.5, 0.6) is 0 Å². The molecule has 2 heteroatoms. The van der Waals surface area contributed by atoms with E-state index < -0.39 is 5.79 Å². The summed E-state index contributed by atoms with van der Waals surface area (Å²) < 4.78 is 12.2. The number of hydrogen-bond donors (Lipinski definition) is 0. The molecule has 2 nitrogen and oxygen atoms in total. The standard InChI is InChI=1S/C20H32O2/c1-2-3-4-5-6-7-8-12-16-20(21-17-13-18-22-20)19-14-10-9-11-15-19/h9-11,14-15H,2-8,12-13,16-18H2,1H3. The first kappa shape index (κ1) is 17.5. The Kier molecular flexibility index (Phi) is 7.96. The smallest absolute Gasteiger partial charge is 0.194 e. The summed E-state index contributed by atoms with van der Waals surface area (Å²) in [5.74, 6) is -0.484. The summed E-state index contributed by atoms with van der Waals surface area (Å²) in [6, 6.07) is 10.5. The molecule has 0 aromatic heterocycles. The quantitative estimate of drug-likeness (QED) is 0.508. The van der Waals surface area contributed by atoms with Crippen molar-refractivity contribution in [2.45, 2.75) is 76.9 Å². The van der Waals surface area contributed by atoms with E-state index in [0.717, 1.165) is 26.1 Å². The van der Waals surface area contributed by atoms with Crippen LogP contribution in [0.2, 0.25) is 0 Å². The van der Waals surface area contributed by atoms with Gasteiger partial charge in [0, 0.05) is 12.0 Å². The summed E-state index contributed by atoms with van der Waals surface area (Å²) in [5.41, 5.74) is 1.18. The van der Waals surface area contributed by atoms with Crippen molar-refractivity contribution in [3.8, 4) is 0 Å². The lowest BCUT2D eigenvalue weighted by molar-refractivity contribution is -0.280. The van der Waals surface area contributed by atoms with Crippen LogP contribution in [0.25, 0.3) is 0 Å². The topological polar surface area (TPSA) is 18.5 Å². The van der Waals surface area contributed by atoms with Crippen molar-refractivity contribution in [2.24, 2.45) is 0 Å². The Hall–Kier alpha value is -0.860. The first-order chi connectivity index (χ1) is 10.9. The van der Waals surface area contributed by atoms with Gasteiger partial charge in [0.1, 0.15) is 0 Å². The predicted octanol–water partition coefficient (Wildman–Crippen LogP) is 5.81. The van der Waals surface area contributed by atoms with Crippen molar-refractivity contribution in [3.05, 3.63) is 35.9 Å². The molecule has 0 N–H and O–H groups in total. The highest BCUT2D eigenvalue weighted by Gasteiger charge is 2.35. The molecule has 0 unspecified atom stereocenters. The lowest BCUT2D eigenvalue weighted by atomic mass is 9.97. The van der Waals surface area contributed by atoms with Crippen LogP contribution < -0.4 is 0 Å². The highest BCUT2D eigenvalue weighted by molar-refractivity contribution is 5.20. The predicted molar refractivity (Wildman–Crippen MR) is 91.9 cm³/mol. The van der Waals surface area contributed by atoms with Crippen LogP contribution in [0, 0.1) is 0 Å². The van der Waals surface area contributed by atoms with Gasteiger partial charge in [-0.3, -0.25) is 0 Å². The van der Waals surface area contributed by atoms with E-state index >= 15 is 0 Å². The summed E-state index contributed by atoms with van der Waals surface area (Å²) >= 11 is 0. The third kappa shape index (κ3) is 5.40. The molecule has 0 radical (unpaired) electrons. The highest BCUT2D eigenvalue weighted by atomic mass is 16.7. The Balaban J connectivity index is 1.74. The molecule has 124 valence electrons. The Morgan fingerprint density at radius 2 is 1.41 bits per heavy atom. The molecule has 1 aliphatic heterocycles. The zero-order chi connectivity index (χ0) is 15.5. The van der Waals surface area contributed by atoms with Crippen molar-refractivity contribution < 1.29 is 9.47 Å². The molecule has 0 saturated carbocycles.